The minimum absolute atomic E-state index is 0.554. The number of benzene rings is 1. The van der Waals surface area contributed by atoms with Crippen LogP contribution in [0.15, 0.2) is 23.8 Å². The summed E-state index contributed by atoms with van der Waals surface area (Å²) in [6.07, 6.45) is 15.8. The third-order valence-corrected chi connectivity index (χ3v) is 6.03. The van der Waals surface area contributed by atoms with Gasteiger partial charge in [-0.3, -0.25) is 0 Å². The van der Waals surface area contributed by atoms with E-state index in [1.807, 2.05) is 18.2 Å². The summed E-state index contributed by atoms with van der Waals surface area (Å²) in [7, 11) is 3.40. The van der Waals surface area contributed by atoms with E-state index < -0.39 is 0 Å². The standard InChI is InChI=1S/C21H23O3/c1-4-24-19-11-17(10-18(12-19)22-2)21(23-3)20-15-6-13-5-14(8-15)9-16(20)7-13/h10-16H,5-9H2,2-3H3/q+1. The zero-order chi connectivity index (χ0) is 16.7. The average Bonchev–Trinajstić information content (AvgIpc) is 2.57. The van der Waals surface area contributed by atoms with Crippen molar-refractivity contribution in [3.63, 3.8) is 0 Å². The molecule has 0 aromatic heterocycles. The van der Waals surface area contributed by atoms with E-state index in [9.17, 15) is 0 Å². The van der Waals surface area contributed by atoms with Crippen molar-refractivity contribution in [2.75, 3.05) is 14.2 Å². The molecule has 0 saturated heterocycles. The van der Waals surface area contributed by atoms with E-state index in [-0.39, 0.29) is 0 Å². The number of rotatable bonds is 4. The fourth-order valence-corrected chi connectivity index (χ4v) is 5.40. The number of methoxy groups -OCH3 is 2. The molecule has 3 heteroatoms. The first-order valence-corrected chi connectivity index (χ1v) is 8.77. The van der Waals surface area contributed by atoms with Crippen LogP contribution in [0.1, 0.15) is 37.7 Å². The normalized spacial score (nSPS) is 30.1. The van der Waals surface area contributed by atoms with Crippen LogP contribution in [0.4, 0.5) is 0 Å². The van der Waals surface area contributed by atoms with Gasteiger partial charge in [0.1, 0.15) is 0 Å². The van der Waals surface area contributed by atoms with Crippen LogP contribution in [0.2, 0.25) is 0 Å². The second-order valence-corrected chi connectivity index (χ2v) is 7.39. The summed E-state index contributed by atoms with van der Waals surface area (Å²) in [6, 6.07) is 5.68. The molecule has 4 aliphatic rings. The molecule has 0 spiro atoms. The van der Waals surface area contributed by atoms with Gasteiger partial charge in [-0.15, -0.1) is 0 Å². The molecule has 4 aliphatic carbocycles. The monoisotopic (exact) mass is 323 g/mol. The molecule has 124 valence electrons. The second-order valence-electron chi connectivity index (χ2n) is 7.39. The van der Waals surface area contributed by atoms with Gasteiger partial charge in [0.05, 0.1) is 0 Å². The van der Waals surface area contributed by atoms with Crippen LogP contribution in [0, 0.1) is 36.2 Å². The average molecular weight is 323 g/mol. The molecule has 24 heavy (non-hydrogen) atoms. The van der Waals surface area contributed by atoms with Gasteiger partial charge >= 0.3 is 143 Å². The van der Waals surface area contributed by atoms with Crippen LogP contribution in [0.5, 0.6) is 11.5 Å². The Labute approximate surface area is 144 Å². The molecule has 0 atom stereocenters. The van der Waals surface area contributed by atoms with Crippen molar-refractivity contribution in [1.29, 1.82) is 0 Å². The Kier molecular flexibility index (Phi) is 4.05. The van der Waals surface area contributed by atoms with Crippen LogP contribution in [-0.4, -0.2) is 14.2 Å². The molecule has 1 aromatic carbocycles. The molecule has 0 unspecified atom stereocenters. The quantitative estimate of drug-likeness (QED) is 0.466. The van der Waals surface area contributed by atoms with E-state index in [4.69, 9.17) is 20.6 Å². The Bertz CT molecular complexity index is 680. The van der Waals surface area contributed by atoms with Gasteiger partial charge in [-0.2, -0.15) is 0 Å². The van der Waals surface area contributed by atoms with Crippen LogP contribution < -0.4 is 9.47 Å². The molecule has 1 aromatic rings. The molecule has 0 aliphatic heterocycles. The Balaban J connectivity index is 1.78. The molecule has 0 heterocycles. The van der Waals surface area contributed by atoms with E-state index >= 15 is 0 Å². The Morgan fingerprint density at radius 1 is 0.958 bits per heavy atom. The van der Waals surface area contributed by atoms with Crippen molar-refractivity contribution in [3.05, 3.63) is 35.8 Å². The van der Waals surface area contributed by atoms with Crippen molar-refractivity contribution in [2.45, 2.75) is 32.1 Å². The third kappa shape index (κ3) is 2.61. The number of hydrogen-bond donors (Lipinski definition) is 0. The SMILES string of the molecule is [C+]#COc1cc(OC)cc(C(OC)=C2C3CC4CC(C3)CC2C4)c1. The first-order valence-electron chi connectivity index (χ1n) is 8.77. The summed E-state index contributed by atoms with van der Waals surface area (Å²) >= 11 is 0. The second kappa shape index (κ2) is 6.22. The maximum absolute atomic E-state index is 7.06. The van der Waals surface area contributed by atoms with Crippen LogP contribution in [0.25, 0.3) is 5.76 Å². The summed E-state index contributed by atoms with van der Waals surface area (Å²) in [5, 5.41) is 0. The molecule has 3 nitrogen and oxygen atoms in total. The summed E-state index contributed by atoms with van der Waals surface area (Å²) in [6.45, 7) is 0. The van der Waals surface area contributed by atoms with Gasteiger partial charge in [-0.05, 0) is 0 Å². The molecule has 0 amide bonds. The predicted molar refractivity (Wildman–Crippen MR) is 91.7 cm³/mol. The van der Waals surface area contributed by atoms with E-state index in [0.717, 1.165) is 23.2 Å². The van der Waals surface area contributed by atoms with Crippen molar-refractivity contribution in [3.8, 4) is 17.6 Å². The molecule has 0 radical (unpaired) electrons. The van der Waals surface area contributed by atoms with Crippen molar-refractivity contribution in [2.24, 2.45) is 23.7 Å². The summed E-state index contributed by atoms with van der Waals surface area (Å²) in [5.74, 6) is 5.42. The zero-order valence-electron chi connectivity index (χ0n) is 14.3. The molecule has 0 N–H and O–H groups in total. The van der Waals surface area contributed by atoms with E-state index in [0.29, 0.717) is 23.3 Å². The first-order chi connectivity index (χ1) is 11.7. The maximum atomic E-state index is 7.06. The van der Waals surface area contributed by atoms with E-state index in [2.05, 4.69) is 0 Å². The Morgan fingerprint density at radius 3 is 2.12 bits per heavy atom. The van der Waals surface area contributed by atoms with Gasteiger partial charge in [-0.25, -0.2) is 0 Å². The van der Waals surface area contributed by atoms with Gasteiger partial charge in [0.25, 0.3) is 0 Å². The van der Waals surface area contributed by atoms with E-state index in [1.165, 1.54) is 37.7 Å². The molecule has 5 rings (SSSR count). The van der Waals surface area contributed by atoms with Crippen LogP contribution >= 0.6 is 0 Å². The molecule has 4 saturated carbocycles. The third-order valence-electron chi connectivity index (χ3n) is 6.03. The van der Waals surface area contributed by atoms with Gasteiger partial charge in [0.15, 0.2) is 0 Å². The Morgan fingerprint density at radius 2 is 1.58 bits per heavy atom. The van der Waals surface area contributed by atoms with Crippen molar-refractivity contribution < 1.29 is 14.2 Å². The number of ether oxygens (including phenoxy) is 3. The molecular formula is C21H23O3+. The fourth-order valence-electron chi connectivity index (χ4n) is 5.40. The van der Waals surface area contributed by atoms with Gasteiger partial charge in [-0.1, -0.05) is 0 Å². The van der Waals surface area contributed by atoms with Gasteiger partial charge < -0.3 is 0 Å². The van der Waals surface area contributed by atoms with Gasteiger partial charge in [0, 0.05) is 0 Å². The van der Waals surface area contributed by atoms with Crippen molar-refractivity contribution in [1.82, 2.24) is 0 Å². The predicted octanol–water partition coefficient (Wildman–Crippen LogP) is 4.43. The van der Waals surface area contributed by atoms with Gasteiger partial charge in [0.2, 0.25) is 0 Å². The Hall–Kier alpha value is -1.86. The van der Waals surface area contributed by atoms with Crippen molar-refractivity contribution >= 4 is 5.76 Å². The molecule has 4 fully saturated rings. The summed E-state index contributed by atoms with van der Waals surface area (Å²) in [4.78, 5) is 0. The topological polar surface area (TPSA) is 27.7 Å². The minimum atomic E-state index is 0.554. The molecule has 4 bridgehead atoms. The van der Waals surface area contributed by atoms with Crippen LogP contribution in [-0.2, 0) is 4.74 Å². The molecular weight excluding hydrogens is 300 g/mol. The fraction of sp³-hybridized carbons (Fsp3) is 0.524. The zero-order valence-corrected chi connectivity index (χ0v) is 14.3. The summed E-state index contributed by atoms with van der Waals surface area (Å²) < 4.78 is 16.4. The number of hydrogen-bond acceptors (Lipinski definition) is 3. The summed E-state index contributed by atoms with van der Waals surface area (Å²) in [5.41, 5.74) is 2.48. The number of allylic oxidation sites excluding steroid dienone is 1. The van der Waals surface area contributed by atoms with E-state index in [1.54, 1.807) is 20.3 Å². The first kappa shape index (κ1) is 15.7. The van der Waals surface area contributed by atoms with Crippen LogP contribution in [0.3, 0.4) is 0 Å².